The van der Waals surface area contributed by atoms with Crippen LogP contribution in [-0.2, 0) is 14.8 Å². The van der Waals surface area contributed by atoms with Gasteiger partial charge in [-0.15, -0.1) is 0 Å². The van der Waals surface area contributed by atoms with Crippen molar-refractivity contribution in [3.05, 3.63) is 41.5 Å². The van der Waals surface area contributed by atoms with Gasteiger partial charge in [0.2, 0.25) is 15.9 Å². The summed E-state index contributed by atoms with van der Waals surface area (Å²) in [5, 5.41) is 4.94. The number of aromatic amines is 1. The Hall–Kier alpha value is -2.72. The third-order valence-electron chi connectivity index (χ3n) is 7.10. The van der Waals surface area contributed by atoms with Gasteiger partial charge in [0.1, 0.15) is 16.2 Å². The van der Waals surface area contributed by atoms with Crippen LogP contribution < -0.4 is 0 Å². The molecule has 3 aromatic rings. The van der Waals surface area contributed by atoms with Crippen LogP contribution in [0.1, 0.15) is 48.6 Å². The van der Waals surface area contributed by atoms with Gasteiger partial charge in [0.25, 0.3) is 0 Å². The smallest absolute Gasteiger partial charge is 0.248 e. The van der Waals surface area contributed by atoms with Crippen LogP contribution >= 0.6 is 0 Å². The molecule has 0 bridgehead atoms. The zero-order valence-corrected chi connectivity index (χ0v) is 19.8. The Morgan fingerprint density at radius 2 is 1.85 bits per heavy atom. The van der Waals surface area contributed by atoms with Crippen molar-refractivity contribution >= 4 is 27.0 Å². The van der Waals surface area contributed by atoms with Crippen LogP contribution in [0.5, 0.6) is 0 Å². The highest BCUT2D eigenvalue weighted by Crippen LogP contribution is 2.34. The summed E-state index contributed by atoms with van der Waals surface area (Å²) in [4.78, 5) is 22.9. The Bertz CT molecular complexity index is 1250. The molecular weight excluding hydrogens is 442 g/mol. The van der Waals surface area contributed by atoms with Crippen molar-refractivity contribution in [2.75, 3.05) is 26.2 Å². The molecule has 0 unspecified atom stereocenters. The molecule has 2 aliphatic rings. The number of aryl methyl sites for hydroxylation is 2. The van der Waals surface area contributed by atoms with Gasteiger partial charge in [0, 0.05) is 49.9 Å². The molecule has 0 atom stereocenters. The second kappa shape index (κ2) is 8.57. The van der Waals surface area contributed by atoms with Crippen LogP contribution in [0.4, 0.5) is 0 Å². The summed E-state index contributed by atoms with van der Waals surface area (Å²) < 4.78 is 32.6. The number of hydrogen-bond donors (Lipinski definition) is 1. The number of H-pyrrole nitrogens is 1. The van der Waals surface area contributed by atoms with E-state index in [-0.39, 0.29) is 16.7 Å². The van der Waals surface area contributed by atoms with Gasteiger partial charge in [-0.05, 0) is 63.1 Å². The zero-order chi connectivity index (χ0) is 23.2. The highest BCUT2D eigenvalue weighted by Gasteiger charge is 2.37. The standard InChI is InChI=1S/C23H29N5O4S/c1-15-21(16(2)32-26-15)33(30,31)28-12-7-18(8-13-28)23(29)27-10-5-17(6-11-27)20-14-25-22-19(20)4-3-9-24-22/h3-4,9,14,17-18H,5-8,10-13H2,1-2H3,(H,24,25). The SMILES string of the molecule is Cc1noc(C)c1S(=O)(=O)N1CCC(C(=O)N2CCC(c3c[nH]c4ncccc34)CC2)CC1. The van der Waals surface area contributed by atoms with Crippen molar-refractivity contribution in [1.29, 1.82) is 0 Å². The second-order valence-corrected chi connectivity index (χ2v) is 10.9. The van der Waals surface area contributed by atoms with Crippen LogP contribution in [0.2, 0.25) is 0 Å². The molecule has 3 aromatic heterocycles. The Morgan fingerprint density at radius 3 is 2.52 bits per heavy atom. The number of carbonyl (C=O) groups is 1. The van der Waals surface area contributed by atoms with Crippen LogP contribution in [0.15, 0.2) is 33.9 Å². The minimum atomic E-state index is -3.66. The molecule has 5 rings (SSSR count). The van der Waals surface area contributed by atoms with E-state index >= 15 is 0 Å². The first kappa shape index (κ1) is 22.1. The molecule has 0 saturated carbocycles. The fourth-order valence-electron chi connectivity index (χ4n) is 5.30. The number of amides is 1. The monoisotopic (exact) mass is 471 g/mol. The summed E-state index contributed by atoms with van der Waals surface area (Å²) in [5.74, 6) is 0.743. The number of pyridine rings is 1. The number of piperidine rings is 2. The summed E-state index contributed by atoms with van der Waals surface area (Å²) in [6, 6.07) is 4.05. The lowest BCUT2D eigenvalue weighted by Gasteiger charge is -2.37. The second-order valence-electron chi connectivity index (χ2n) is 9.07. The van der Waals surface area contributed by atoms with E-state index in [9.17, 15) is 13.2 Å². The lowest BCUT2D eigenvalue weighted by atomic mass is 9.88. The third kappa shape index (κ3) is 3.95. The minimum absolute atomic E-state index is 0.130. The van der Waals surface area contributed by atoms with Crippen molar-refractivity contribution in [3.63, 3.8) is 0 Å². The molecule has 9 nitrogen and oxygen atoms in total. The van der Waals surface area contributed by atoms with Crippen LogP contribution in [0.3, 0.4) is 0 Å². The van der Waals surface area contributed by atoms with Crippen molar-refractivity contribution in [2.24, 2.45) is 5.92 Å². The highest BCUT2D eigenvalue weighted by atomic mass is 32.2. The fraction of sp³-hybridized carbons (Fsp3) is 0.522. The third-order valence-corrected chi connectivity index (χ3v) is 9.24. The van der Waals surface area contributed by atoms with Crippen molar-refractivity contribution in [3.8, 4) is 0 Å². The molecule has 5 heterocycles. The lowest BCUT2D eigenvalue weighted by molar-refractivity contribution is -0.137. The molecule has 10 heteroatoms. The predicted octanol–water partition coefficient (Wildman–Crippen LogP) is 2.97. The fourth-order valence-corrected chi connectivity index (χ4v) is 7.06. The molecule has 2 aliphatic heterocycles. The predicted molar refractivity (Wildman–Crippen MR) is 122 cm³/mol. The first-order chi connectivity index (χ1) is 15.9. The van der Waals surface area contributed by atoms with E-state index in [2.05, 4.69) is 27.4 Å². The van der Waals surface area contributed by atoms with Gasteiger partial charge < -0.3 is 14.4 Å². The number of rotatable bonds is 4. The van der Waals surface area contributed by atoms with Gasteiger partial charge in [0.15, 0.2) is 5.76 Å². The number of likely N-dealkylation sites (tertiary alicyclic amines) is 1. The Kier molecular flexibility index (Phi) is 5.74. The van der Waals surface area contributed by atoms with Gasteiger partial charge >= 0.3 is 0 Å². The Labute approximate surface area is 193 Å². The molecule has 0 spiro atoms. The van der Waals surface area contributed by atoms with Gasteiger partial charge in [-0.1, -0.05) is 5.16 Å². The molecule has 0 radical (unpaired) electrons. The Balaban J connectivity index is 1.18. The largest absolute Gasteiger partial charge is 0.360 e. The molecule has 0 aliphatic carbocycles. The van der Waals surface area contributed by atoms with E-state index in [1.807, 2.05) is 11.0 Å². The van der Waals surface area contributed by atoms with Crippen LogP contribution in [0, 0.1) is 19.8 Å². The Morgan fingerprint density at radius 1 is 1.12 bits per heavy atom. The summed E-state index contributed by atoms with van der Waals surface area (Å²) in [7, 11) is -3.66. The maximum atomic E-state index is 13.2. The summed E-state index contributed by atoms with van der Waals surface area (Å²) in [6.07, 6.45) is 6.76. The number of carbonyl (C=O) groups excluding carboxylic acids is 1. The van der Waals surface area contributed by atoms with E-state index < -0.39 is 10.0 Å². The summed E-state index contributed by atoms with van der Waals surface area (Å²) in [6.45, 7) is 5.38. The molecular formula is C23H29N5O4S. The first-order valence-electron chi connectivity index (χ1n) is 11.5. The molecule has 1 N–H and O–H groups in total. The number of hydrogen-bond acceptors (Lipinski definition) is 6. The normalized spacial score (nSPS) is 19.4. The van der Waals surface area contributed by atoms with Gasteiger partial charge in [-0.25, -0.2) is 13.4 Å². The number of fused-ring (bicyclic) bond motifs is 1. The molecule has 2 saturated heterocycles. The first-order valence-corrected chi connectivity index (χ1v) is 12.9. The molecule has 33 heavy (non-hydrogen) atoms. The minimum Gasteiger partial charge on any atom is -0.360 e. The number of aromatic nitrogens is 3. The molecule has 176 valence electrons. The van der Waals surface area contributed by atoms with Gasteiger partial charge in [0.05, 0.1) is 0 Å². The van der Waals surface area contributed by atoms with E-state index in [1.54, 1.807) is 20.0 Å². The zero-order valence-electron chi connectivity index (χ0n) is 19.0. The maximum absolute atomic E-state index is 13.2. The van der Waals surface area contributed by atoms with Crippen LogP contribution in [-0.4, -0.2) is 64.8 Å². The number of sulfonamides is 1. The lowest BCUT2D eigenvalue weighted by Crippen LogP contribution is -2.46. The number of nitrogens with zero attached hydrogens (tertiary/aromatic N) is 4. The molecule has 1 amide bonds. The van der Waals surface area contributed by atoms with Crippen molar-refractivity contribution < 1.29 is 17.7 Å². The van der Waals surface area contributed by atoms with E-state index in [0.717, 1.165) is 37.0 Å². The quantitative estimate of drug-likeness (QED) is 0.626. The average molecular weight is 472 g/mol. The van der Waals surface area contributed by atoms with Crippen LogP contribution in [0.25, 0.3) is 11.0 Å². The number of nitrogens with one attached hydrogen (secondary N) is 1. The maximum Gasteiger partial charge on any atom is 0.248 e. The summed E-state index contributed by atoms with van der Waals surface area (Å²) in [5.41, 5.74) is 2.56. The molecule has 0 aromatic carbocycles. The van der Waals surface area contributed by atoms with Crippen molar-refractivity contribution in [2.45, 2.75) is 50.3 Å². The highest BCUT2D eigenvalue weighted by molar-refractivity contribution is 7.89. The van der Waals surface area contributed by atoms with Gasteiger partial charge in [-0.3, -0.25) is 4.79 Å². The molecule has 2 fully saturated rings. The average Bonchev–Trinajstić information content (AvgIpc) is 3.42. The summed E-state index contributed by atoms with van der Waals surface area (Å²) >= 11 is 0. The van der Waals surface area contributed by atoms with E-state index in [0.29, 0.717) is 43.3 Å². The topological polar surface area (TPSA) is 112 Å². The van der Waals surface area contributed by atoms with E-state index in [4.69, 9.17) is 4.52 Å². The van der Waals surface area contributed by atoms with Gasteiger partial charge in [-0.2, -0.15) is 4.31 Å². The van der Waals surface area contributed by atoms with Crippen molar-refractivity contribution in [1.82, 2.24) is 24.3 Å². The van der Waals surface area contributed by atoms with E-state index in [1.165, 1.54) is 9.87 Å².